The van der Waals surface area contributed by atoms with Gasteiger partial charge in [0.15, 0.2) is 5.78 Å². The zero-order chi connectivity index (χ0) is 19.2. The molecule has 0 saturated carbocycles. The molecule has 1 atom stereocenters. The summed E-state index contributed by atoms with van der Waals surface area (Å²) < 4.78 is 0. The van der Waals surface area contributed by atoms with Crippen LogP contribution in [0.5, 0.6) is 0 Å². The van der Waals surface area contributed by atoms with E-state index in [0.29, 0.717) is 18.4 Å². The van der Waals surface area contributed by atoms with Crippen LogP contribution in [0.25, 0.3) is 11.1 Å². The maximum Gasteiger partial charge on any atom is 0.220 e. The molecule has 2 aromatic carbocycles. The molecule has 2 N–H and O–H groups in total. The molecule has 0 unspecified atom stereocenters. The van der Waals surface area contributed by atoms with Gasteiger partial charge in [0, 0.05) is 37.2 Å². The van der Waals surface area contributed by atoms with Crippen molar-refractivity contribution in [2.75, 3.05) is 7.05 Å². The molecule has 0 aliphatic rings. The summed E-state index contributed by atoms with van der Waals surface area (Å²) in [5, 5.41) is 9.43. The van der Waals surface area contributed by atoms with Gasteiger partial charge in [-0.25, -0.2) is 0 Å². The smallest absolute Gasteiger partial charge is 0.220 e. The fourth-order valence-electron chi connectivity index (χ4n) is 3.26. The van der Waals surface area contributed by atoms with Gasteiger partial charge in [-0.3, -0.25) is 14.7 Å². The quantitative estimate of drug-likeness (QED) is 0.627. The van der Waals surface area contributed by atoms with Crippen LogP contribution in [0.15, 0.2) is 60.9 Å². The van der Waals surface area contributed by atoms with Gasteiger partial charge in [-0.15, -0.1) is 0 Å². The van der Waals surface area contributed by atoms with Gasteiger partial charge in [0.25, 0.3) is 0 Å². The van der Waals surface area contributed by atoms with Crippen LogP contribution in [0.2, 0.25) is 0 Å². The summed E-state index contributed by atoms with van der Waals surface area (Å²) in [6, 6.07) is 15.4. The largest absolute Gasteiger partial charge is 0.359 e. The number of H-pyrrole nitrogens is 1. The van der Waals surface area contributed by atoms with Crippen LogP contribution < -0.4 is 5.32 Å². The second-order valence-electron chi connectivity index (χ2n) is 6.63. The first-order chi connectivity index (χ1) is 13.1. The van der Waals surface area contributed by atoms with Crippen LogP contribution in [0.1, 0.15) is 40.2 Å². The zero-order valence-corrected chi connectivity index (χ0v) is 15.5. The lowest BCUT2D eigenvalue weighted by Gasteiger charge is -2.16. The van der Waals surface area contributed by atoms with Crippen LogP contribution in [0, 0.1) is 6.92 Å². The number of Topliss-reactive ketones (excluding diaryl/α,β-unsaturated/α-hetero) is 1. The topological polar surface area (TPSA) is 74.8 Å². The van der Waals surface area contributed by atoms with E-state index in [-0.39, 0.29) is 17.6 Å². The lowest BCUT2D eigenvalue weighted by Crippen LogP contribution is -2.22. The standard InChI is InChI=1S/C22H23N3O2/c1-15-10-17(8-9-20(15)19-13-24-25-14-19)21(26)11-18(12-22(27)23-2)16-6-4-3-5-7-16/h3-10,13-14,18H,11-12H2,1-2H3,(H,23,27)(H,24,25)/t18-/m1/s1. The number of aryl methyl sites for hydroxylation is 1. The molecule has 3 rings (SSSR count). The number of carbonyl (C=O) groups is 2. The Kier molecular flexibility index (Phi) is 5.81. The van der Waals surface area contributed by atoms with Crippen molar-refractivity contribution in [1.82, 2.24) is 15.5 Å². The predicted octanol–water partition coefficient (Wildman–Crippen LogP) is 3.88. The number of nitrogens with zero attached hydrogens (tertiary/aromatic N) is 1. The SMILES string of the molecule is CNC(=O)C[C@@H](CC(=O)c1ccc(-c2cn[nH]c2)c(C)c1)c1ccccc1. The van der Waals surface area contributed by atoms with Gasteiger partial charge in [-0.2, -0.15) is 5.10 Å². The number of aromatic amines is 1. The van der Waals surface area contributed by atoms with Gasteiger partial charge in [0.1, 0.15) is 0 Å². The van der Waals surface area contributed by atoms with Gasteiger partial charge in [0.05, 0.1) is 6.20 Å². The Balaban J connectivity index is 1.81. The zero-order valence-electron chi connectivity index (χ0n) is 15.5. The number of amides is 1. The molecule has 1 heterocycles. The van der Waals surface area contributed by atoms with Gasteiger partial charge in [-0.05, 0) is 35.6 Å². The van der Waals surface area contributed by atoms with Crippen LogP contribution in [0.3, 0.4) is 0 Å². The molecule has 5 nitrogen and oxygen atoms in total. The first-order valence-electron chi connectivity index (χ1n) is 8.97. The average molecular weight is 361 g/mol. The summed E-state index contributed by atoms with van der Waals surface area (Å²) in [5.41, 5.74) is 4.72. The van der Waals surface area contributed by atoms with E-state index in [1.54, 1.807) is 13.2 Å². The highest BCUT2D eigenvalue weighted by molar-refractivity contribution is 5.97. The summed E-state index contributed by atoms with van der Waals surface area (Å²) in [6.07, 6.45) is 4.18. The Morgan fingerprint density at radius 3 is 2.52 bits per heavy atom. The number of benzene rings is 2. The van der Waals surface area contributed by atoms with Gasteiger partial charge >= 0.3 is 0 Å². The Morgan fingerprint density at radius 1 is 1.11 bits per heavy atom. The van der Waals surface area contributed by atoms with Crippen molar-refractivity contribution in [3.8, 4) is 11.1 Å². The molecule has 138 valence electrons. The maximum absolute atomic E-state index is 12.9. The fourth-order valence-corrected chi connectivity index (χ4v) is 3.26. The summed E-state index contributed by atoms with van der Waals surface area (Å²) in [4.78, 5) is 24.8. The van der Waals surface area contributed by atoms with E-state index < -0.39 is 0 Å². The number of carbonyl (C=O) groups excluding carboxylic acids is 2. The number of rotatable bonds is 7. The molecule has 0 bridgehead atoms. The second-order valence-corrected chi connectivity index (χ2v) is 6.63. The van der Waals surface area contributed by atoms with Gasteiger partial charge in [0.2, 0.25) is 5.91 Å². The molecule has 0 radical (unpaired) electrons. The first-order valence-corrected chi connectivity index (χ1v) is 8.97. The Labute approximate surface area is 158 Å². The number of nitrogens with one attached hydrogen (secondary N) is 2. The summed E-state index contributed by atoms with van der Waals surface area (Å²) in [6.45, 7) is 1.98. The Hall–Kier alpha value is -3.21. The second kappa shape index (κ2) is 8.45. The third-order valence-electron chi connectivity index (χ3n) is 4.77. The number of aromatic nitrogens is 2. The van der Waals surface area contributed by atoms with Crippen molar-refractivity contribution in [1.29, 1.82) is 0 Å². The highest BCUT2D eigenvalue weighted by Gasteiger charge is 2.20. The number of hydrogen-bond acceptors (Lipinski definition) is 3. The molecule has 0 aliphatic heterocycles. The van der Waals surface area contributed by atoms with E-state index in [2.05, 4.69) is 15.5 Å². The number of ketones is 1. The molecular weight excluding hydrogens is 338 g/mol. The Morgan fingerprint density at radius 2 is 1.89 bits per heavy atom. The van der Waals surface area contributed by atoms with E-state index in [1.807, 2.05) is 61.7 Å². The molecular formula is C22H23N3O2. The lowest BCUT2D eigenvalue weighted by atomic mass is 9.88. The Bertz CT molecular complexity index is 918. The van der Waals surface area contributed by atoms with Gasteiger partial charge < -0.3 is 5.32 Å². The predicted molar refractivity (Wildman–Crippen MR) is 106 cm³/mol. The maximum atomic E-state index is 12.9. The third-order valence-corrected chi connectivity index (χ3v) is 4.77. The van der Waals surface area contributed by atoms with E-state index in [1.165, 1.54) is 0 Å². The highest BCUT2D eigenvalue weighted by atomic mass is 16.1. The van der Waals surface area contributed by atoms with Crippen LogP contribution >= 0.6 is 0 Å². The molecule has 5 heteroatoms. The molecule has 0 spiro atoms. The average Bonchev–Trinajstić information content (AvgIpc) is 3.22. The molecule has 1 aromatic heterocycles. The van der Waals surface area contributed by atoms with Crippen molar-refractivity contribution >= 4 is 11.7 Å². The van der Waals surface area contributed by atoms with Crippen molar-refractivity contribution in [3.05, 3.63) is 77.6 Å². The lowest BCUT2D eigenvalue weighted by molar-refractivity contribution is -0.120. The third kappa shape index (κ3) is 4.50. The van der Waals surface area contributed by atoms with E-state index >= 15 is 0 Å². The van der Waals surface area contributed by atoms with Crippen molar-refractivity contribution in [2.45, 2.75) is 25.7 Å². The molecule has 1 amide bonds. The normalized spacial score (nSPS) is 11.8. The van der Waals surface area contributed by atoms with Crippen molar-refractivity contribution in [3.63, 3.8) is 0 Å². The molecule has 0 saturated heterocycles. The summed E-state index contributed by atoms with van der Waals surface area (Å²) >= 11 is 0. The minimum atomic E-state index is -0.146. The summed E-state index contributed by atoms with van der Waals surface area (Å²) in [7, 11) is 1.62. The molecule has 0 aliphatic carbocycles. The molecule has 27 heavy (non-hydrogen) atoms. The minimum Gasteiger partial charge on any atom is -0.359 e. The van der Waals surface area contributed by atoms with E-state index in [0.717, 1.165) is 22.3 Å². The van der Waals surface area contributed by atoms with E-state index in [9.17, 15) is 9.59 Å². The fraction of sp³-hybridized carbons (Fsp3) is 0.227. The molecule has 0 fully saturated rings. The van der Waals surface area contributed by atoms with Crippen molar-refractivity contribution in [2.24, 2.45) is 0 Å². The van der Waals surface area contributed by atoms with Crippen LogP contribution in [-0.4, -0.2) is 28.9 Å². The monoisotopic (exact) mass is 361 g/mol. The summed E-state index contributed by atoms with van der Waals surface area (Å²) in [5.74, 6) is -0.176. The van der Waals surface area contributed by atoms with Crippen molar-refractivity contribution < 1.29 is 9.59 Å². The highest BCUT2D eigenvalue weighted by Crippen LogP contribution is 2.28. The van der Waals surface area contributed by atoms with Crippen LogP contribution in [-0.2, 0) is 4.79 Å². The minimum absolute atomic E-state index is 0.0367. The number of hydrogen-bond donors (Lipinski definition) is 2. The van der Waals surface area contributed by atoms with Gasteiger partial charge in [-0.1, -0.05) is 42.5 Å². The first kappa shape index (κ1) is 18.6. The molecule has 3 aromatic rings. The van der Waals surface area contributed by atoms with Crippen LogP contribution in [0.4, 0.5) is 0 Å². The van der Waals surface area contributed by atoms with E-state index in [4.69, 9.17) is 0 Å².